The van der Waals surface area contributed by atoms with Crippen LogP contribution in [0.3, 0.4) is 0 Å². The molecule has 4 aromatic carbocycles. The van der Waals surface area contributed by atoms with Gasteiger partial charge in [0.2, 0.25) is 5.78 Å². The monoisotopic (exact) mass is 1490 g/mol. The number of esters is 6. The summed E-state index contributed by atoms with van der Waals surface area (Å²) in [6, 6.07) is 32.8. The van der Waals surface area contributed by atoms with Gasteiger partial charge in [0, 0.05) is 41.5 Å². The van der Waals surface area contributed by atoms with Crippen molar-refractivity contribution in [3.8, 4) is 11.1 Å². The van der Waals surface area contributed by atoms with E-state index in [1.54, 1.807) is 27.7 Å². The van der Waals surface area contributed by atoms with Crippen molar-refractivity contribution in [3.63, 3.8) is 0 Å². The molecule has 1 N–H and O–H groups in total. The van der Waals surface area contributed by atoms with E-state index < -0.39 is 64.7 Å². The third-order valence-electron chi connectivity index (χ3n) is 22.6. The van der Waals surface area contributed by atoms with E-state index in [2.05, 4.69) is 125 Å². The van der Waals surface area contributed by atoms with Gasteiger partial charge < -0.3 is 38.4 Å². The van der Waals surface area contributed by atoms with Crippen molar-refractivity contribution in [1.29, 1.82) is 0 Å². The Morgan fingerprint density at radius 1 is 0.583 bits per heavy atom. The number of hydrogen-bond acceptors (Lipinski definition) is 18. The number of carbonyl (C=O) groups is 9. The number of oxime groups is 1. The first-order chi connectivity index (χ1) is 51.1. The van der Waals surface area contributed by atoms with Gasteiger partial charge in [0.25, 0.3) is 0 Å². The van der Waals surface area contributed by atoms with E-state index in [9.17, 15) is 48.3 Å². The predicted molar refractivity (Wildman–Crippen MR) is 421 cm³/mol. The minimum atomic E-state index is -1.02. The fourth-order valence-electron chi connectivity index (χ4n) is 14.5. The minimum Gasteiger partial charge on any atom is -0.462 e. The van der Waals surface area contributed by atoms with Crippen LogP contribution in [0.2, 0.25) is 0 Å². The van der Waals surface area contributed by atoms with E-state index in [4.69, 9.17) is 28.5 Å². The zero-order valence-corrected chi connectivity index (χ0v) is 67.5. The first-order valence-electron chi connectivity index (χ1n) is 38.9. The molecule has 590 valence electrons. The lowest BCUT2D eigenvalue weighted by Gasteiger charge is -2.33. The normalized spacial score (nSPS) is 19.7. The van der Waals surface area contributed by atoms with Gasteiger partial charge in [-0.05, 0) is 201 Å². The second-order valence-electron chi connectivity index (χ2n) is 31.8. The molecule has 18 heteroatoms. The topological polar surface area (TPSA) is 251 Å². The summed E-state index contributed by atoms with van der Waals surface area (Å²) in [5.41, 5.74) is 7.35. The van der Waals surface area contributed by atoms with Crippen molar-refractivity contribution in [3.05, 3.63) is 168 Å². The summed E-state index contributed by atoms with van der Waals surface area (Å²) in [6.45, 7) is 38.3. The zero-order chi connectivity index (χ0) is 80.3. The molecule has 18 nitrogen and oxygen atoms in total. The summed E-state index contributed by atoms with van der Waals surface area (Å²) in [5.74, 6) is -1.21. The SMILES string of the molecule is C=CC(=O)OCC(COC(=O)C(C)(C)CC)OC(=O)C1CC=CCC1C(C)=O.C=CC(=O)OCC(O)COC(=O)C(C)(C)CC.CCC(C)(C)C(=O)OC1CC2CC1C1CCCC21.CCC(C)(C)c1ccccc1.CCCC1(CCC)c2ccccc2-c2ccc(C(=O)/C(=N/OC(C)=O)c3ccccc3C)cc21. The Balaban J connectivity index is 0.000000254. The average Bonchev–Trinajstić information content (AvgIpc) is 1.58. The molecule has 3 fully saturated rings. The Hall–Kier alpha value is -8.64. The molecular weight excluding hydrogens is 1370 g/mol. The Morgan fingerprint density at radius 3 is 1.67 bits per heavy atom. The van der Waals surface area contributed by atoms with Crippen LogP contribution in [0.15, 0.2) is 140 Å². The number of Topliss-reactive ketones (excluding diaryl/α,β-unsaturated/α-hetero) is 2. The van der Waals surface area contributed by atoms with Crippen molar-refractivity contribution >= 4 is 59.1 Å². The number of aryl methyl sites for hydroxylation is 1. The maximum Gasteiger partial charge on any atom is 0.332 e. The molecule has 0 spiro atoms. The first kappa shape index (κ1) is 90.0. The van der Waals surface area contributed by atoms with E-state index in [1.165, 1.54) is 73.8 Å². The van der Waals surface area contributed by atoms with E-state index in [1.807, 2.05) is 83.2 Å². The Bertz CT molecular complexity index is 3770. The molecule has 0 aliphatic heterocycles. The smallest absolute Gasteiger partial charge is 0.332 e. The van der Waals surface area contributed by atoms with Gasteiger partial charge in [-0.1, -0.05) is 196 Å². The summed E-state index contributed by atoms with van der Waals surface area (Å²) >= 11 is 0. The highest BCUT2D eigenvalue weighted by atomic mass is 16.7. The molecule has 9 unspecified atom stereocenters. The number of ketones is 2. The van der Waals surface area contributed by atoms with Gasteiger partial charge >= 0.3 is 41.8 Å². The van der Waals surface area contributed by atoms with Crippen molar-refractivity contribution in [2.45, 2.75) is 243 Å². The Labute approximate surface area is 643 Å². The summed E-state index contributed by atoms with van der Waals surface area (Å²) < 4.78 is 31.1. The van der Waals surface area contributed by atoms with Crippen LogP contribution in [0.4, 0.5) is 0 Å². The van der Waals surface area contributed by atoms with Crippen LogP contribution < -0.4 is 0 Å². The van der Waals surface area contributed by atoms with Crippen molar-refractivity contribution in [2.24, 2.45) is 56.9 Å². The highest BCUT2D eigenvalue weighted by Crippen LogP contribution is 2.60. The first-order valence-corrected chi connectivity index (χ1v) is 38.9. The standard InChI is InChI=1S/C30H31NO3.C21H30O7.C16H26O2.C12H20O5.C11H16/c1-5-17-30(18-6-2)26-14-10-9-13-24(26)25-16-15-22(19-27(25)30)29(33)28(31-34-21(4)32)23-12-8-7-11-20(23)3;1-6-18(23)26-12-15(13-27-20(25)21(4,5)7-2)28-19(24)17-11-9-8-10-16(17)14(3)22;1-4-16(2,3)15(17)18-14-9-10-8-13(14)12-7-5-6-11(10)12;1-5-10(14)16-7-9(13)8-17-11(15)12(3,4)6-2;1-4-11(2,3)10-8-6-5-7-9-10/h7-16,19H,5-6,17-18H2,1-4H3;6,8-9,15-17H,1,7,10-13H2,2-5H3;10-14H,4-9H2,1-3H3;5,9,13H,1,6-8H2,2-4H3;5-9H,4H2,1-3H3/b31-28+;;;;. The van der Waals surface area contributed by atoms with Crippen LogP contribution in [-0.4, -0.2) is 109 Å². The number of allylic oxidation sites excluding steroid dienone is 2. The van der Waals surface area contributed by atoms with Crippen LogP contribution in [-0.2, 0) is 82.4 Å². The third-order valence-corrected chi connectivity index (χ3v) is 22.6. The van der Waals surface area contributed by atoms with Gasteiger partial charge in [-0.15, -0.1) is 0 Å². The number of carbonyl (C=O) groups excluding carboxylic acids is 9. The second kappa shape index (κ2) is 41.8. The molecule has 9 rings (SSSR count). The maximum atomic E-state index is 13.8. The molecule has 0 radical (unpaired) electrons. The quantitative estimate of drug-likeness (QED) is 0.00744. The number of hydrogen-bond donors (Lipinski definition) is 1. The van der Waals surface area contributed by atoms with Crippen molar-refractivity contribution in [2.75, 3.05) is 26.4 Å². The summed E-state index contributed by atoms with van der Waals surface area (Å²) in [4.78, 5) is 113. The number of aliphatic hydroxyl groups excluding tert-OH is 1. The van der Waals surface area contributed by atoms with Gasteiger partial charge in [-0.2, -0.15) is 0 Å². The summed E-state index contributed by atoms with van der Waals surface area (Å²) in [6.07, 6.45) is 19.0. The number of aliphatic hydroxyl groups is 1. The lowest BCUT2D eigenvalue weighted by molar-refractivity contribution is -0.173. The fraction of sp³-hybridized carbons (Fsp3) is 0.556. The van der Waals surface area contributed by atoms with E-state index in [-0.39, 0.29) is 72.6 Å². The van der Waals surface area contributed by atoms with Gasteiger partial charge in [0.1, 0.15) is 44.4 Å². The molecule has 4 aromatic rings. The summed E-state index contributed by atoms with van der Waals surface area (Å²) in [7, 11) is 0. The van der Waals surface area contributed by atoms with E-state index >= 15 is 0 Å². The molecule has 5 aliphatic rings. The van der Waals surface area contributed by atoms with Crippen LogP contribution in [0.25, 0.3) is 11.1 Å². The Morgan fingerprint density at radius 2 is 1.10 bits per heavy atom. The summed E-state index contributed by atoms with van der Waals surface area (Å²) in [5, 5.41) is 13.4. The molecule has 0 saturated heterocycles. The molecule has 0 amide bonds. The van der Waals surface area contributed by atoms with E-state index in [0.717, 1.165) is 74.0 Å². The van der Waals surface area contributed by atoms with Gasteiger partial charge in [-0.25, -0.2) is 14.4 Å². The highest BCUT2D eigenvalue weighted by molar-refractivity contribution is 6.51. The number of ether oxygens (including phenoxy) is 6. The zero-order valence-electron chi connectivity index (χ0n) is 67.5. The number of benzene rings is 4. The number of rotatable bonds is 30. The van der Waals surface area contributed by atoms with E-state index in [0.29, 0.717) is 48.1 Å². The molecule has 2 bridgehead atoms. The highest BCUT2D eigenvalue weighted by Gasteiger charge is 2.55. The van der Waals surface area contributed by atoms with Crippen LogP contribution >= 0.6 is 0 Å². The van der Waals surface area contributed by atoms with Crippen LogP contribution in [0.1, 0.15) is 245 Å². The molecule has 0 aromatic heterocycles. The third kappa shape index (κ3) is 24.4. The lowest BCUT2D eigenvalue weighted by atomic mass is 9.71. The van der Waals surface area contributed by atoms with Gasteiger partial charge in [0.15, 0.2) is 11.8 Å². The number of nitrogens with zero attached hydrogens (tertiary/aromatic N) is 1. The van der Waals surface area contributed by atoms with Gasteiger partial charge in [-0.3, -0.25) is 28.8 Å². The molecule has 3 saturated carbocycles. The van der Waals surface area contributed by atoms with Crippen LogP contribution in [0.5, 0.6) is 0 Å². The molecule has 0 heterocycles. The molecular formula is C90H123NO17. The van der Waals surface area contributed by atoms with Crippen LogP contribution in [0, 0.1) is 58.7 Å². The maximum absolute atomic E-state index is 13.8. The van der Waals surface area contributed by atoms with Gasteiger partial charge in [0.05, 0.1) is 22.2 Å². The minimum absolute atomic E-state index is 0.0251. The second-order valence-corrected chi connectivity index (χ2v) is 31.8. The molecule has 5 aliphatic carbocycles. The Kier molecular flexibility index (Phi) is 34.8. The fourth-order valence-corrected chi connectivity index (χ4v) is 14.5. The molecule has 9 atom stereocenters. The van der Waals surface area contributed by atoms with Crippen molar-refractivity contribution < 1.29 is 81.5 Å². The van der Waals surface area contributed by atoms with Crippen molar-refractivity contribution in [1.82, 2.24) is 0 Å². The number of fused-ring (bicyclic) bond motifs is 8. The molecule has 108 heavy (non-hydrogen) atoms. The lowest BCUT2D eigenvalue weighted by Crippen LogP contribution is -2.38. The average molecular weight is 1490 g/mol. The predicted octanol–water partition coefficient (Wildman–Crippen LogP) is 18.0. The largest absolute Gasteiger partial charge is 0.462 e.